The van der Waals surface area contributed by atoms with E-state index in [-0.39, 0.29) is 0 Å². The molecule has 0 radical (unpaired) electrons. The minimum atomic E-state index is -0.929. The van der Waals surface area contributed by atoms with Crippen molar-refractivity contribution in [3.8, 4) is 11.5 Å². The molecule has 0 aliphatic carbocycles. The van der Waals surface area contributed by atoms with Crippen LogP contribution in [0.4, 0.5) is 0 Å². The molecule has 0 amide bonds. The molecule has 0 aliphatic heterocycles. The minimum Gasteiger partial charge on any atom is -0.490 e. The third-order valence-corrected chi connectivity index (χ3v) is 3.07. The molecule has 0 atom stereocenters. The molecular weight excluding hydrogens is 268 g/mol. The van der Waals surface area contributed by atoms with E-state index in [2.05, 4.69) is 0 Å². The molecule has 0 aliphatic rings. The lowest BCUT2D eigenvalue weighted by molar-refractivity contribution is 0.0696. The van der Waals surface area contributed by atoms with E-state index in [1.165, 1.54) is 5.56 Å². The van der Waals surface area contributed by atoms with Crippen LogP contribution >= 0.6 is 0 Å². The van der Waals surface area contributed by atoms with Crippen molar-refractivity contribution in [1.82, 2.24) is 0 Å². The van der Waals surface area contributed by atoms with Crippen LogP contribution in [0, 0.1) is 13.8 Å². The van der Waals surface area contributed by atoms with Crippen molar-refractivity contribution in [2.24, 2.45) is 0 Å². The highest BCUT2D eigenvalue weighted by Gasteiger charge is 2.07. The number of carbonyl (C=O) groups is 1. The number of carboxylic acid groups (broad SMARTS) is 1. The Morgan fingerprint density at radius 3 is 2.10 bits per heavy atom. The molecule has 110 valence electrons. The molecule has 0 spiro atoms. The zero-order valence-electron chi connectivity index (χ0n) is 12.1. The summed E-state index contributed by atoms with van der Waals surface area (Å²) in [4.78, 5) is 10.9. The summed E-state index contributed by atoms with van der Waals surface area (Å²) < 4.78 is 11.1. The van der Waals surface area contributed by atoms with E-state index >= 15 is 0 Å². The Labute approximate surface area is 123 Å². The second-order valence-corrected chi connectivity index (χ2v) is 4.79. The smallest absolute Gasteiger partial charge is 0.335 e. The second-order valence-electron chi connectivity index (χ2n) is 4.79. The molecule has 21 heavy (non-hydrogen) atoms. The number of carboxylic acids is 1. The highest BCUT2D eigenvalue weighted by Crippen LogP contribution is 2.17. The van der Waals surface area contributed by atoms with Crippen LogP contribution in [0.25, 0.3) is 0 Å². The average Bonchev–Trinajstić information content (AvgIpc) is 2.45. The topological polar surface area (TPSA) is 55.8 Å². The summed E-state index contributed by atoms with van der Waals surface area (Å²) in [7, 11) is 0. The summed E-state index contributed by atoms with van der Waals surface area (Å²) in [6.45, 7) is 4.61. The monoisotopic (exact) mass is 286 g/mol. The minimum absolute atomic E-state index is 0.290. The number of hydrogen-bond donors (Lipinski definition) is 1. The first-order chi connectivity index (χ1) is 10.1. The Kier molecular flexibility index (Phi) is 4.82. The van der Waals surface area contributed by atoms with E-state index in [9.17, 15) is 4.79 Å². The molecule has 0 bridgehead atoms. The fraction of sp³-hybridized carbons (Fsp3) is 0.235. The molecule has 2 aromatic rings. The summed E-state index contributed by atoms with van der Waals surface area (Å²) in [5.41, 5.74) is 2.16. The Morgan fingerprint density at radius 2 is 1.52 bits per heavy atom. The standard InChI is InChI=1S/C17H18O4/c1-12-3-5-14(6-4-12)20-9-10-21-15-7-8-16(17(18)19)13(2)11-15/h3-8,11H,9-10H2,1-2H3,(H,18,19). The number of aromatic carboxylic acids is 1. The highest BCUT2D eigenvalue weighted by molar-refractivity contribution is 5.89. The number of hydrogen-bond acceptors (Lipinski definition) is 3. The molecule has 0 saturated carbocycles. The van der Waals surface area contributed by atoms with E-state index in [1.807, 2.05) is 31.2 Å². The van der Waals surface area contributed by atoms with Crippen molar-refractivity contribution in [2.45, 2.75) is 13.8 Å². The van der Waals surface area contributed by atoms with Gasteiger partial charge in [-0.2, -0.15) is 0 Å². The van der Waals surface area contributed by atoms with Crippen molar-refractivity contribution in [2.75, 3.05) is 13.2 Å². The lowest BCUT2D eigenvalue weighted by Crippen LogP contribution is -2.09. The van der Waals surface area contributed by atoms with Gasteiger partial charge in [-0.1, -0.05) is 17.7 Å². The molecule has 1 N–H and O–H groups in total. The maximum absolute atomic E-state index is 10.9. The molecule has 2 rings (SSSR count). The molecule has 0 aromatic heterocycles. The number of ether oxygens (including phenoxy) is 2. The maximum Gasteiger partial charge on any atom is 0.335 e. The maximum atomic E-state index is 10.9. The third kappa shape index (κ3) is 4.24. The van der Waals surface area contributed by atoms with E-state index < -0.39 is 5.97 Å². The van der Waals surface area contributed by atoms with Crippen molar-refractivity contribution >= 4 is 5.97 Å². The van der Waals surface area contributed by atoms with Gasteiger partial charge in [0.25, 0.3) is 0 Å². The van der Waals surface area contributed by atoms with Gasteiger partial charge in [-0.05, 0) is 49.7 Å². The fourth-order valence-electron chi connectivity index (χ4n) is 1.92. The van der Waals surface area contributed by atoms with Gasteiger partial charge in [0.15, 0.2) is 0 Å². The highest BCUT2D eigenvalue weighted by atomic mass is 16.5. The first-order valence-corrected chi connectivity index (χ1v) is 6.72. The molecule has 0 heterocycles. The van der Waals surface area contributed by atoms with Crippen LogP contribution in [0.3, 0.4) is 0 Å². The Hall–Kier alpha value is -2.49. The second kappa shape index (κ2) is 6.79. The summed E-state index contributed by atoms with van der Waals surface area (Å²) >= 11 is 0. The zero-order valence-corrected chi connectivity index (χ0v) is 12.1. The molecular formula is C17H18O4. The number of benzene rings is 2. The molecule has 4 nitrogen and oxygen atoms in total. The number of aryl methyl sites for hydroxylation is 2. The van der Waals surface area contributed by atoms with Crippen LogP contribution in [-0.2, 0) is 0 Å². The lowest BCUT2D eigenvalue weighted by Gasteiger charge is -2.10. The van der Waals surface area contributed by atoms with Crippen LogP contribution in [0.5, 0.6) is 11.5 Å². The van der Waals surface area contributed by atoms with Gasteiger partial charge in [0, 0.05) is 0 Å². The van der Waals surface area contributed by atoms with Crippen molar-refractivity contribution in [3.05, 3.63) is 59.2 Å². The molecule has 2 aromatic carbocycles. The fourth-order valence-corrected chi connectivity index (χ4v) is 1.92. The van der Waals surface area contributed by atoms with Crippen LogP contribution < -0.4 is 9.47 Å². The van der Waals surface area contributed by atoms with Crippen LogP contribution in [-0.4, -0.2) is 24.3 Å². The van der Waals surface area contributed by atoms with Gasteiger partial charge >= 0.3 is 5.97 Å². The first-order valence-electron chi connectivity index (χ1n) is 6.72. The zero-order chi connectivity index (χ0) is 15.2. The Bertz CT molecular complexity index is 617. The predicted molar refractivity (Wildman–Crippen MR) is 80.3 cm³/mol. The van der Waals surface area contributed by atoms with E-state index in [4.69, 9.17) is 14.6 Å². The molecule has 0 fully saturated rings. The van der Waals surface area contributed by atoms with Crippen LogP contribution in [0.15, 0.2) is 42.5 Å². The average molecular weight is 286 g/mol. The summed E-state index contributed by atoms with van der Waals surface area (Å²) in [6.07, 6.45) is 0. The van der Waals surface area contributed by atoms with Gasteiger partial charge in [-0.25, -0.2) is 4.79 Å². The predicted octanol–water partition coefficient (Wildman–Crippen LogP) is 3.46. The normalized spacial score (nSPS) is 10.2. The van der Waals surface area contributed by atoms with Crippen LogP contribution in [0.1, 0.15) is 21.5 Å². The summed E-state index contributed by atoms with van der Waals surface area (Å²) in [5, 5.41) is 8.96. The quantitative estimate of drug-likeness (QED) is 0.826. The van der Waals surface area contributed by atoms with Gasteiger partial charge in [0.05, 0.1) is 5.56 Å². The van der Waals surface area contributed by atoms with Crippen molar-refractivity contribution in [1.29, 1.82) is 0 Å². The lowest BCUT2D eigenvalue weighted by atomic mass is 10.1. The molecule has 4 heteroatoms. The molecule has 0 unspecified atom stereocenters. The largest absolute Gasteiger partial charge is 0.490 e. The van der Waals surface area contributed by atoms with Gasteiger partial charge in [-0.3, -0.25) is 0 Å². The van der Waals surface area contributed by atoms with Gasteiger partial charge in [0.1, 0.15) is 24.7 Å². The van der Waals surface area contributed by atoms with Gasteiger partial charge in [-0.15, -0.1) is 0 Å². The summed E-state index contributed by atoms with van der Waals surface area (Å²) in [6, 6.07) is 12.7. The SMILES string of the molecule is Cc1ccc(OCCOc2ccc(C(=O)O)c(C)c2)cc1. The van der Waals surface area contributed by atoms with E-state index in [0.29, 0.717) is 30.1 Å². The van der Waals surface area contributed by atoms with E-state index in [0.717, 1.165) is 5.75 Å². The summed E-state index contributed by atoms with van der Waals surface area (Å²) in [5.74, 6) is 0.522. The Balaban J connectivity index is 1.82. The van der Waals surface area contributed by atoms with Crippen molar-refractivity contribution < 1.29 is 19.4 Å². The molecule has 0 saturated heterocycles. The van der Waals surface area contributed by atoms with Crippen LogP contribution in [0.2, 0.25) is 0 Å². The van der Waals surface area contributed by atoms with Crippen molar-refractivity contribution in [3.63, 3.8) is 0 Å². The van der Waals surface area contributed by atoms with Gasteiger partial charge < -0.3 is 14.6 Å². The third-order valence-electron chi connectivity index (χ3n) is 3.07. The number of rotatable bonds is 6. The van der Waals surface area contributed by atoms with Gasteiger partial charge in [0.2, 0.25) is 0 Å². The Morgan fingerprint density at radius 1 is 0.952 bits per heavy atom. The first kappa shape index (κ1) is 14.9. The van der Waals surface area contributed by atoms with E-state index in [1.54, 1.807) is 25.1 Å².